The fourth-order valence-corrected chi connectivity index (χ4v) is 2.56. The van der Waals surface area contributed by atoms with Crippen LogP contribution >= 0.6 is 11.5 Å². The van der Waals surface area contributed by atoms with Gasteiger partial charge in [-0.1, -0.05) is 19.8 Å². The Labute approximate surface area is 89.1 Å². The van der Waals surface area contributed by atoms with Gasteiger partial charge < -0.3 is 5.32 Å². The van der Waals surface area contributed by atoms with E-state index in [2.05, 4.69) is 21.6 Å². The molecule has 1 aromatic rings. The quantitative estimate of drug-likeness (QED) is 0.832. The topological polar surface area (TPSA) is 37.8 Å². The maximum atomic E-state index is 4.53. The summed E-state index contributed by atoms with van der Waals surface area (Å²) in [5, 5.41) is 4.28. The molecule has 1 aliphatic rings. The summed E-state index contributed by atoms with van der Waals surface area (Å²) in [7, 11) is 0. The molecule has 0 saturated heterocycles. The van der Waals surface area contributed by atoms with Crippen molar-refractivity contribution >= 4 is 16.7 Å². The third-order valence-corrected chi connectivity index (χ3v) is 3.38. The van der Waals surface area contributed by atoms with Crippen LogP contribution in [0.15, 0.2) is 0 Å². The molecule has 1 aromatic heterocycles. The van der Waals surface area contributed by atoms with Crippen molar-refractivity contribution in [3.63, 3.8) is 0 Å². The second kappa shape index (κ2) is 4.73. The van der Waals surface area contributed by atoms with Crippen LogP contribution in [0.2, 0.25) is 0 Å². The van der Waals surface area contributed by atoms with Crippen LogP contribution in [0.25, 0.3) is 0 Å². The largest absolute Gasteiger partial charge is 0.360 e. The van der Waals surface area contributed by atoms with Crippen LogP contribution in [0.1, 0.15) is 50.8 Å². The van der Waals surface area contributed by atoms with E-state index in [1.165, 1.54) is 37.2 Å². The van der Waals surface area contributed by atoms with E-state index in [4.69, 9.17) is 0 Å². The van der Waals surface area contributed by atoms with E-state index in [0.717, 1.165) is 23.9 Å². The molecule has 1 saturated carbocycles. The van der Waals surface area contributed by atoms with Gasteiger partial charge in [-0.2, -0.15) is 4.37 Å². The molecule has 0 aromatic carbocycles. The van der Waals surface area contributed by atoms with Crippen LogP contribution in [-0.2, 0) is 0 Å². The molecule has 2 rings (SSSR count). The first kappa shape index (κ1) is 9.90. The van der Waals surface area contributed by atoms with E-state index >= 15 is 0 Å². The molecular formula is C10H17N3S. The van der Waals surface area contributed by atoms with Crippen LogP contribution in [0, 0.1) is 0 Å². The predicted octanol–water partition coefficient (Wildman–Crippen LogP) is 3.02. The molecule has 3 nitrogen and oxygen atoms in total. The lowest BCUT2D eigenvalue weighted by Crippen LogP contribution is -2.00. The van der Waals surface area contributed by atoms with Gasteiger partial charge in [0.05, 0.1) is 0 Å². The van der Waals surface area contributed by atoms with Gasteiger partial charge in [0.2, 0.25) is 5.13 Å². The molecular weight excluding hydrogens is 194 g/mol. The smallest absolute Gasteiger partial charge is 0.202 e. The third kappa shape index (κ3) is 2.23. The van der Waals surface area contributed by atoms with Gasteiger partial charge in [-0.05, 0) is 19.3 Å². The van der Waals surface area contributed by atoms with Crippen molar-refractivity contribution in [1.29, 1.82) is 0 Å². The fraction of sp³-hybridized carbons (Fsp3) is 0.800. The van der Waals surface area contributed by atoms with Crippen molar-refractivity contribution in [1.82, 2.24) is 9.36 Å². The van der Waals surface area contributed by atoms with Gasteiger partial charge in [0.25, 0.3) is 0 Å². The number of anilines is 1. The van der Waals surface area contributed by atoms with Crippen LogP contribution in [0.3, 0.4) is 0 Å². The molecule has 14 heavy (non-hydrogen) atoms. The highest BCUT2D eigenvalue weighted by atomic mass is 32.1. The highest BCUT2D eigenvalue weighted by Crippen LogP contribution is 2.33. The highest BCUT2D eigenvalue weighted by Gasteiger charge is 2.20. The molecule has 1 N–H and O–H groups in total. The number of nitrogens with zero attached hydrogens (tertiary/aromatic N) is 2. The monoisotopic (exact) mass is 211 g/mol. The van der Waals surface area contributed by atoms with Crippen molar-refractivity contribution in [3.05, 3.63) is 5.82 Å². The minimum Gasteiger partial charge on any atom is -0.360 e. The van der Waals surface area contributed by atoms with Gasteiger partial charge in [-0.25, -0.2) is 4.98 Å². The molecule has 0 radical (unpaired) electrons. The summed E-state index contributed by atoms with van der Waals surface area (Å²) in [6, 6.07) is 0. The third-order valence-electron chi connectivity index (χ3n) is 2.69. The second-order valence-electron chi connectivity index (χ2n) is 3.87. The Morgan fingerprint density at radius 2 is 2.21 bits per heavy atom. The lowest BCUT2D eigenvalue weighted by atomic mass is 10.1. The number of hydrogen-bond donors (Lipinski definition) is 1. The number of rotatable bonds is 4. The summed E-state index contributed by atoms with van der Waals surface area (Å²) in [6.45, 7) is 3.16. The van der Waals surface area contributed by atoms with E-state index in [0.29, 0.717) is 5.92 Å². The molecule has 0 unspecified atom stereocenters. The van der Waals surface area contributed by atoms with E-state index in [9.17, 15) is 0 Å². The van der Waals surface area contributed by atoms with Gasteiger partial charge in [-0.3, -0.25) is 0 Å². The van der Waals surface area contributed by atoms with Crippen molar-refractivity contribution < 1.29 is 0 Å². The minimum absolute atomic E-state index is 0.642. The Kier molecular flexibility index (Phi) is 3.35. The molecule has 1 heterocycles. The Hall–Kier alpha value is -0.640. The zero-order chi connectivity index (χ0) is 9.80. The zero-order valence-electron chi connectivity index (χ0n) is 8.62. The Balaban J connectivity index is 1.94. The van der Waals surface area contributed by atoms with Crippen LogP contribution < -0.4 is 5.32 Å². The van der Waals surface area contributed by atoms with E-state index in [-0.39, 0.29) is 0 Å². The van der Waals surface area contributed by atoms with Gasteiger partial charge in [-0.15, -0.1) is 0 Å². The zero-order valence-corrected chi connectivity index (χ0v) is 9.44. The standard InChI is InChI=1S/C10H17N3S/c1-2-7-11-10-12-9(13-14-10)8-5-3-4-6-8/h8H,2-7H2,1H3,(H,11,12,13). The summed E-state index contributed by atoms with van der Waals surface area (Å²) in [5.74, 6) is 1.72. The van der Waals surface area contributed by atoms with Gasteiger partial charge in [0.1, 0.15) is 5.82 Å². The molecule has 1 fully saturated rings. The molecule has 78 valence electrons. The lowest BCUT2D eigenvalue weighted by Gasteiger charge is -2.01. The van der Waals surface area contributed by atoms with Crippen LogP contribution in [0.4, 0.5) is 5.13 Å². The SMILES string of the molecule is CCCNc1nc(C2CCCC2)ns1. The first-order valence-corrected chi connectivity index (χ1v) is 6.25. The predicted molar refractivity (Wildman–Crippen MR) is 59.9 cm³/mol. The minimum atomic E-state index is 0.642. The maximum absolute atomic E-state index is 4.53. The molecule has 4 heteroatoms. The van der Waals surface area contributed by atoms with E-state index in [1.54, 1.807) is 0 Å². The number of hydrogen-bond acceptors (Lipinski definition) is 4. The van der Waals surface area contributed by atoms with Gasteiger partial charge in [0.15, 0.2) is 0 Å². The second-order valence-corrected chi connectivity index (χ2v) is 4.62. The van der Waals surface area contributed by atoms with E-state index < -0.39 is 0 Å². The molecule has 1 aliphatic carbocycles. The highest BCUT2D eigenvalue weighted by molar-refractivity contribution is 7.09. The normalized spacial score (nSPS) is 17.5. The summed E-state index contributed by atoms with van der Waals surface area (Å²) in [5.41, 5.74) is 0. The molecule has 0 bridgehead atoms. The average molecular weight is 211 g/mol. The van der Waals surface area contributed by atoms with Crippen molar-refractivity contribution in [2.24, 2.45) is 0 Å². The Morgan fingerprint density at radius 1 is 1.43 bits per heavy atom. The summed E-state index contributed by atoms with van der Waals surface area (Å²) in [4.78, 5) is 4.53. The van der Waals surface area contributed by atoms with Crippen molar-refractivity contribution in [2.75, 3.05) is 11.9 Å². The first-order valence-electron chi connectivity index (χ1n) is 5.47. The summed E-state index contributed by atoms with van der Waals surface area (Å²) in [6.07, 6.45) is 6.40. The fourth-order valence-electron chi connectivity index (χ4n) is 1.89. The Morgan fingerprint density at radius 3 is 2.93 bits per heavy atom. The Bertz CT molecular complexity index is 279. The van der Waals surface area contributed by atoms with Crippen LogP contribution in [0.5, 0.6) is 0 Å². The number of nitrogens with one attached hydrogen (secondary N) is 1. The maximum Gasteiger partial charge on any atom is 0.202 e. The van der Waals surface area contributed by atoms with Gasteiger partial charge in [0, 0.05) is 24.0 Å². The van der Waals surface area contributed by atoms with Gasteiger partial charge >= 0.3 is 0 Å². The average Bonchev–Trinajstić information content (AvgIpc) is 2.85. The van der Waals surface area contributed by atoms with Crippen molar-refractivity contribution in [2.45, 2.75) is 44.9 Å². The molecule has 0 aliphatic heterocycles. The molecule has 0 atom stereocenters. The first-order chi connectivity index (χ1) is 6.90. The lowest BCUT2D eigenvalue weighted by molar-refractivity contribution is 0.681. The number of aromatic nitrogens is 2. The van der Waals surface area contributed by atoms with E-state index in [1.807, 2.05) is 0 Å². The molecule has 0 amide bonds. The van der Waals surface area contributed by atoms with Crippen LogP contribution in [-0.4, -0.2) is 15.9 Å². The molecule has 0 spiro atoms. The summed E-state index contributed by atoms with van der Waals surface area (Å²) >= 11 is 1.50. The van der Waals surface area contributed by atoms with Crippen molar-refractivity contribution in [3.8, 4) is 0 Å². The summed E-state index contributed by atoms with van der Waals surface area (Å²) < 4.78 is 4.42.